The summed E-state index contributed by atoms with van der Waals surface area (Å²) in [7, 11) is 0. The first kappa shape index (κ1) is 13.6. The van der Waals surface area contributed by atoms with E-state index < -0.39 is 0 Å². The van der Waals surface area contributed by atoms with Gasteiger partial charge in [0, 0.05) is 0 Å². The highest BCUT2D eigenvalue weighted by Gasteiger charge is 1.98. The number of benzene rings is 2. The van der Waals surface area contributed by atoms with Crippen LogP contribution in [0.3, 0.4) is 0 Å². The van der Waals surface area contributed by atoms with Crippen molar-refractivity contribution in [3.05, 3.63) is 83.4 Å². The Hall–Kier alpha value is -1.86. The van der Waals surface area contributed by atoms with Gasteiger partial charge in [0.2, 0.25) is 0 Å². The molecule has 0 bridgehead atoms. The van der Waals surface area contributed by atoms with Crippen molar-refractivity contribution in [3.63, 3.8) is 0 Å². The van der Waals surface area contributed by atoms with E-state index in [-0.39, 0.29) is 6.61 Å². The maximum absolute atomic E-state index is 9.42. The molecule has 0 saturated heterocycles. The van der Waals surface area contributed by atoms with Crippen molar-refractivity contribution in [2.75, 3.05) is 6.61 Å². The van der Waals surface area contributed by atoms with Gasteiger partial charge in [-0.25, -0.2) is 0 Å². The molecule has 1 N–H and O–H groups in total. The van der Waals surface area contributed by atoms with E-state index in [4.69, 9.17) is 0 Å². The van der Waals surface area contributed by atoms with E-state index in [9.17, 15) is 5.11 Å². The van der Waals surface area contributed by atoms with E-state index >= 15 is 0 Å². The summed E-state index contributed by atoms with van der Waals surface area (Å²) in [4.78, 5) is 0. The van der Waals surface area contributed by atoms with Crippen molar-refractivity contribution in [2.24, 2.45) is 0 Å². The van der Waals surface area contributed by atoms with Crippen molar-refractivity contribution >= 4 is 0 Å². The summed E-state index contributed by atoms with van der Waals surface area (Å²) >= 11 is 0. The molecule has 19 heavy (non-hydrogen) atoms. The largest absolute Gasteiger partial charge is 0.392 e. The Morgan fingerprint density at radius 3 is 2.00 bits per heavy atom. The summed E-state index contributed by atoms with van der Waals surface area (Å²) in [5, 5.41) is 9.42. The predicted octanol–water partition coefficient (Wildman–Crippen LogP) is 3.78. The highest BCUT2D eigenvalue weighted by atomic mass is 16.3. The number of aryl methyl sites for hydroxylation is 1. The Balaban J connectivity index is 1.89. The highest BCUT2D eigenvalue weighted by molar-refractivity contribution is 5.22. The topological polar surface area (TPSA) is 20.2 Å². The first-order chi connectivity index (χ1) is 9.38. The number of hydrogen-bond donors (Lipinski definition) is 1. The van der Waals surface area contributed by atoms with E-state index in [0.29, 0.717) is 0 Å². The van der Waals surface area contributed by atoms with Crippen LogP contribution in [0.25, 0.3) is 0 Å². The Labute approximate surface area is 115 Å². The number of hydrogen-bond acceptors (Lipinski definition) is 1. The number of allylic oxidation sites excluding steroid dienone is 1. The maximum Gasteiger partial charge on any atom is 0.0645 e. The molecule has 0 amide bonds. The second-order valence-electron chi connectivity index (χ2n) is 4.71. The van der Waals surface area contributed by atoms with Gasteiger partial charge < -0.3 is 5.11 Å². The van der Waals surface area contributed by atoms with Crippen molar-refractivity contribution in [2.45, 2.75) is 19.3 Å². The second-order valence-corrected chi connectivity index (χ2v) is 4.71. The molecule has 0 saturated carbocycles. The molecule has 0 aliphatic heterocycles. The number of aliphatic hydroxyl groups excluding tert-OH is 1. The van der Waals surface area contributed by atoms with Crippen LogP contribution in [0.2, 0.25) is 0 Å². The molecule has 1 heteroatoms. The summed E-state index contributed by atoms with van der Waals surface area (Å²) in [6.45, 7) is 0.143. The van der Waals surface area contributed by atoms with Gasteiger partial charge in [-0.3, -0.25) is 0 Å². The number of rotatable bonds is 6. The molecular weight excluding hydrogens is 232 g/mol. The molecule has 0 atom stereocenters. The normalized spacial score (nSPS) is 11.5. The SMILES string of the molecule is OCC(=CCCc1ccccc1)Cc1ccccc1. The molecule has 0 aliphatic rings. The van der Waals surface area contributed by atoms with Crippen LogP contribution in [-0.2, 0) is 12.8 Å². The molecule has 2 aromatic carbocycles. The summed E-state index contributed by atoms with van der Waals surface area (Å²) in [6, 6.07) is 20.7. The zero-order chi connectivity index (χ0) is 13.3. The van der Waals surface area contributed by atoms with Gasteiger partial charge in [-0.15, -0.1) is 0 Å². The van der Waals surface area contributed by atoms with Crippen LogP contribution in [-0.4, -0.2) is 11.7 Å². The highest BCUT2D eigenvalue weighted by Crippen LogP contribution is 2.10. The quantitative estimate of drug-likeness (QED) is 0.776. The minimum Gasteiger partial charge on any atom is -0.392 e. The van der Waals surface area contributed by atoms with E-state index in [1.54, 1.807) is 0 Å². The lowest BCUT2D eigenvalue weighted by Crippen LogP contribution is -1.96. The minimum atomic E-state index is 0.143. The van der Waals surface area contributed by atoms with Crippen molar-refractivity contribution < 1.29 is 5.11 Å². The Kier molecular flexibility index (Phi) is 5.39. The molecular formula is C18H20O. The molecule has 0 radical (unpaired) electrons. The molecule has 0 heterocycles. The molecule has 0 fully saturated rings. The Morgan fingerprint density at radius 1 is 0.842 bits per heavy atom. The van der Waals surface area contributed by atoms with Crippen LogP contribution in [0, 0.1) is 0 Å². The van der Waals surface area contributed by atoms with Crippen LogP contribution in [0.5, 0.6) is 0 Å². The molecule has 0 aliphatic carbocycles. The molecule has 98 valence electrons. The van der Waals surface area contributed by atoms with E-state index in [1.807, 2.05) is 24.3 Å². The summed E-state index contributed by atoms with van der Waals surface area (Å²) < 4.78 is 0. The fourth-order valence-corrected chi connectivity index (χ4v) is 2.14. The zero-order valence-electron chi connectivity index (χ0n) is 11.1. The van der Waals surface area contributed by atoms with Gasteiger partial charge in [-0.2, -0.15) is 0 Å². The van der Waals surface area contributed by atoms with Crippen LogP contribution >= 0.6 is 0 Å². The monoisotopic (exact) mass is 252 g/mol. The van der Waals surface area contributed by atoms with Gasteiger partial charge in [0.1, 0.15) is 0 Å². The third-order valence-electron chi connectivity index (χ3n) is 3.19. The molecule has 2 rings (SSSR count). The first-order valence-electron chi connectivity index (χ1n) is 6.75. The molecule has 0 aromatic heterocycles. The van der Waals surface area contributed by atoms with Crippen molar-refractivity contribution in [1.29, 1.82) is 0 Å². The van der Waals surface area contributed by atoms with E-state index in [1.165, 1.54) is 11.1 Å². The van der Waals surface area contributed by atoms with Gasteiger partial charge >= 0.3 is 0 Å². The average Bonchev–Trinajstić information content (AvgIpc) is 2.48. The number of aliphatic hydroxyl groups is 1. The minimum absolute atomic E-state index is 0.143. The third-order valence-corrected chi connectivity index (χ3v) is 3.19. The van der Waals surface area contributed by atoms with Crippen molar-refractivity contribution in [3.8, 4) is 0 Å². The molecule has 0 spiro atoms. The second kappa shape index (κ2) is 7.55. The van der Waals surface area contributed by atoms with Gasteiger partial charge in [-0.05, 0) is 36.0 Å². The van der Waals surface area contributed by atoms with E-state index in [0.717, 1.165) is 24.8 Å². The lowest BCUT2D eigenvalue weighted by molar-refractivity contribution is 0.328. The lowest BCUT2D eigenvalue weighted by atomic mass is 10.0. The van der Waals surface area contributed by atoms with Gasteiger partial charge in [-0.1, -0.05) is 66.7 Å². The molecule has 2 aromatic rings. The summed E-state index contributed by atoms with van der Waals surface area (Å²) in [5.41, 5.74) is 3.69. The lowest BCUT2D eigenvalue weighted by Gasteiger charge is -2.05. The molecule has 0 unspecified atom stereocenters. The van der Waals surface area contributed by atoms with E-state index in [2.05, 4.69) is 42.5 Å². The standard InChI is InChI=1S/C18H20O/c19-15-18(14-17-10-5-2-6-11-17)13-7-12-16-8-3-1-4-9-16/h1-6,8-11,13,19H,7,12,14-15H2. The maximum atomic E-state index is 9.42. The Morgan fingerprint density at radius 2 is 1.42 bits per heavy atom. The summed E-state index contributed by atoms with van der Waals surface area (Å²) in [5.74, 6) is 0. The van der Waals surface area contributed by atoms with Gasteiger partial charge in [0.15, 0.2) is 0 Å². The average molecular weight is 252 g/mol. The summed E-state index contributed by atoms with van der Waals surface area (Å²) in [6.07, 6.45) is 5.01. The van der Waals surface area contributed by atoms with Crippen LogP contribution in [0.1, 0.15) is 17.5 Å². The van der Waals surface area contributed by atoms with Crippen LogP contribution in [0.15, 0.2) is 72.3 Å². The van der Waals surface area contributed by atoms with Gasteiger partial charge in [0.05, 0.1) is 6.61 Å². The fourth-order valence-electron chi connectivity index (χ4n) is 2.14. The predicted molar refractivity (Wildman–Crippen MR) is 80.1 cm³/mol. The van der Waals surface area contributed by atoms with Gasteiger partial charge in [0.25, 0.3) is 0 Å². The van der Waals surface area contributed by atoms with Crippen molar-refractivity contribution in [1.82, 2.24) is 0 Å². The Bertz CT molecular complexity index is 500. The van der Waals surface area contributed by atoms with Crippen LogP contribution < -0.4 is 0 Å². The smallest absolute Gasteiger partial charge is 0.0645 e. The molecule has 1 nitrogen and oxygen atoms in total. The first-order valence-corrected chi connectivity index (χ1v) is 6.75. The third kappa shape index (κ3) is 4.72. The fraction of sp³-hybridized carbons (Fsp3) is 0.222. The van der Waals surface area contributed by atoms with Crippen LogP contribution in [0.4, 0.5) is 0 Å². The zero-order valence-corrected chi connectivity index (χ0v) is 11.1.